The van der Waals surface area contributed by atoms with Gasteiger partial charge in [0, 0.05) is 5.75 Å². The zero-order chi connectivity index (χ0) is 14.7. The molecule has 0 N–H and O–H groups in total. The number of hydrogen-bond acceptors (Lipinski definition) is 3. The molecule has 3 aromatic rings. The molecule has 0 spiro atoms. The van der Waals surface area contributed by atoms with Crippen LogP contribution in [-0.4, -0.2) is 14.8 Å². The maximum absolute atomic E-state index is 13.2. The van der Waals surface area contributed by atoms with Crippen LogP contribution in [0.1, 0.15) is 11.1 Å². The molecule has 0 atom stereocenters. The van der Waals surface area contributed by atoms with Gasteiger partial charge in [0.25, 0.3) is 0 Å². The van der Waals surface area contributed by atoms with Crippen molar-refractivity contribution < 1.29 is 4.39 Å². The standard InChI is InChI=1S/C16H14FN3S/c1-12-5-2-3-8-15(12)20-11-18-19-16(20)21-10-13-6-4-7-14(17)9-13/h2-9,11H,10H2,1H3. The van der Waals surface area contributed by atoms with E-state index in [2.05, 4.69) is 23.2 Å². The Labute approximate surface area is 126 Å². The monoisotopic (exact) mass is 299 g/mol. The van der Waals surface area contributed by atoms with E-state index < -0.39 is 0 Å². The summed E-state index contributed by atoms with van der Waals surface area (Å²) in [5.74, 6) is 0.441. The summed E-state index contributed by atoms with van der Waals surface area (Å²) in [7, 11) is 0. The highest BCUT2D eigenvalue weighted by Crippen LogP contribution is 2.24. The Kier molecular flexibility index (Phi) is 4.01. The van der Waals surface area contributed by atoms with Crippen molar-refractivity contribution in [2.45, 2.75) is 17.8 Å². The third kappa shape index (κ3) is 3.13. The van der Waals surface area contributed by atoms with Gasteiger partial charge in [-0.3, -0.25) is 4.57 Å². The Morgan fingerprint density at radius 2 is 2.00 bits per heavy atom. The Morgan fingerprint density at radius 1 is 1.14 bits per heavy atom. The van der Waals surface area contributed by atoms with Gasteiger partial charge in [-0.05, 0) is 36.2 Å². The molecule has 106 valence electrons. The van der Waals surface area contributed by atoms with Crippen molar-refractivity contribution in [2.24, 2.45) is 0 Å². The summed E-state index contributed by atoms with van der Waals surface area (Å²) >= 11 is 1.54. The third-order valence-corrected chi connectivity index (χ3v) is 4.16. The fourth-order valence-corrected chi connectivity index (χ4v) is 2.96. The highest BCUT2D eigenvalue weighted by atomic mass is 32.2. The lowest BCUT2D eigenvalue weighted by Gasteiger charge is -2.09. The Hall–Kier alpha value is -2.14. The maximum atomic E-state index is 13.2. The largest absolute Gasteiger partial charge is 0.276 e. The van der Waals surface area contributed by atoms with E-state index in [0.717, 1.165) is 22.0 Å². The van der Waals surface area contributed by atoms with Crippen molar-refractivity contribution in [3.05, 3.63) is 71.8 Å². The fraction of sp³-hybridized carbons (Fsp3) is 0.125. The molecule has 0 saturated carbocycles. The number of halogens is 1. The number of aromatic nitrogens is 3. The van der Waals surface area contributed by atoms with Gasteiger partial charge in [0.05, 0.1) is 5.69 Å². The van der Waals surface area contributed by atoms with Gasteiger partial charge in [-0.1, -0.05) is 42.1 Å². The van der Waals surface area contributed by atoms with E-state index in [1.54, 1.807) is 30.2 Å². The van der Waals surface area contributed by atoms with E-state index in [4.69, 9.17) is 0 Å². The number of aryl methyl sites for hydroxylation is 1. The molecule has 0 aliphatic rings. The van der Waals surface area contributed by atoms with Crippen LogP contribution in [0.5, 0.6) is 0 Å². The Balaban J connectivity index is 1.82. The molecule has 1 heterocycles. The predicted octanol–water partition coefficient (Wildman–Crippen LogP) is 4.01. The number of nitrogens with zero attached hydrogens (tertiary/aromatic N) is 3. The zero-order valence-electron chi connectivity index (χ0n) is 11.5. The van der Waals surface area contributed by atoms with Crippen molar-refractivity contribution in [1.82, 2.24) is 14.8 Å². The molecule has 21 heavy (non-hydrogen) atoms. The van der Waals surface area contributed by atoms with Crippen molar-refractivity contribution in [2.75, 3.05) is 0 Å². The van der Waals surface area contributed by atoms with Crippen LogP contribution in [0.3, 0.4) is 0 Å². The van der Waals surface area contributed by atoms with Crippen molar-refractivity contribution in [3.8, 4) is 5.69 Å². The van der Waals surface area contributed by atoms with Crippen molar-refractivity contribution >= 4 is 11.8 Å². The average molecular weight is 299 g/mol. The van der Waals surface area contributed by atoms with Crippen LogP contribution < -0.4 is 0 Å². The first-order valence-electron chi connectivity index (χ1n) is 6.57. The molecule has 0 bridgehead atoms. The molecule has 3 nitrogen and oxygen atoms in total. The first-order chi connectivity index (χ1) is 10.2. The van der Waals surface area contributed by atoms with Gasteiger partial charge >= 0.3 is 0 Å². The number of hydrogen-bond donors (Lipinski definition) is 0. The average Bonchev–Trinajstić information content (AvgIpc) is 2.94. The van der Waals surface area contributed by atoms with E-state index in [-0.39, 0.29) is 5.82 Å². The SMILES string of the molecule is Cc1ccccc1-n1cnnc1SCc1cccc(F)c1. The van der Waals surface area contributed by atoms with E-state index in [1.807, 2.05) is 28.8 Å². The van der Waals surface area contributed by atoms with Gasteiger partial charge in [0.15, 0.2) is 5.16 Å². The smallest absolute Gasteiger partial charge is 0.195 e. The van der Waals surface area contributed by atoms with E-state index in [9.17, 15) is 4.39 Å². The second-order valence-electron chi connectivity index (χ2n) is 4.69. The van der Waals surface area contributed by atoms with Crippen LogP contribution in [0, 0.1) is 12.7 Å². The van der Waals surface area contributed by atoms with Gasteiger partial charge in [0.2, 0.25) is 0 Å². The second-order valence-corrected chi connectivity index (χ2v) is 5.63. The summed E-state index contributed by atoms with van der Waals surface area (Å²) in [5.41, 5.74) is 3.15. The highest BCUT2D eigenvalue weighted by Gasteiger charge is 2.09. The van der Waals surface area contributed by atoms with Crippen molar-refractivity contribution in [3.63, 3.8) is 0 Å². The molecule has 5 heteroatoms. The van der Waals surface area contributed by atoms with Gasteiger partial charge in [-0.25, -0.2) is 4.39 Å². The van der Waals surface area contributed by atoms with Crippen LogP contribution >= 0.6 is 11.8 Å². The van der Waals surface area contributed by atoms with Gasteiger partial charge < -0.3 is 0 Å². The molecule has 0 unspecified atom stereocenters. The summed E-state index contributed by atoms with van der Waals surface area (Å²) in [5, 5.41) is 8.94. The first-order valence-corrected chi connectivity index (χ1v) is 7.56. The summed E-state index contributed by atoms with van der Waals surface area (Å²) in [4.78, 5) is 0. The maximum Gasteiger partial charge on any atom is 0.195 e. The molecule has 0 fully saturated rings. The van der Waals surface area contributed by atoms with E-state index >= 15 is 0 Å². The quantitative estimate of drug-likeness (QED) is 0.682. The molecule has 1 aromatic heterocycles. The number of thioether (sulfide) groups is 1. The molecule has 0 aliphatic heterocycles. The van der Waals surface area contributed by atoms with Crippen LogP contribution in [0.25, 0.3) is 5.69 Å². The van der Waals surface area contributed by atoms with Gasteiger partial charge in [-0.15, -0.1) is 10.2 Å². The zero-order valence-corrected chi connectivity index (χ0v) is 12.3. The second kappa shape index (κ2) is 6.10. The summed E-state index contributed by atoms with van der Waals surface area (Å²) in [6.07, 6.45) is 1.70. The summed E-state index contributed by atoms with van der Waals surface area (Å²) < 4.78 is 15.1. The molecule has 0 radical (unpaired) electrons. The molecule has 2 aromatic carbocycles. The van der Waals surface area contributed by atoms with E-state index in [1.165, 1.54) is 6.07 Å². The minimum Gasteiger partial charge on any atom is -0.276 e. The molecule has 0 aliphatic carbocycles. The van der Waals surface area contributed by atoms with Gasteiger partial charge in [0.1, 0.15) is 12.1 Å². The Morgan fingerprint density at radius 3 is 2.81 bits per heavy atom. The molecule has 3 rings (SSSR count). The van der Waals surface area contributed by atoms with Crippen LogP contribution in [0.4, 0.5) is 4.39 Å². The highest BCUT2D eigenvalue weighted by molar-refractivity contribution is 7.98. The molecular formula is C16H14FN3S. The van der Waals surface area contributed by atoms with Crippen LogP contribution in [0.15, 0.2) is 60.0 Å². The van der Waals surface area contributed by atoms with Crippen LogP contribution in [-0.2, 0) is 5.75 Å². The lowest BCUT2D eigenvalue weighted by atomic mass is 10.2. The number of para-hydroxylation sites is 1. The summed E-state index contributed by atoms with van der Waals surface area (Å²) in [6, 6.07) is 14.7. The minimum absolute atomic E-state index is 0.214. The lowest BCUT2D eigenvalue weighted by Crippen LogP contribution is -1.97. The predicted molar refractivity (Wildman–Crippen MR) is 82.1 cm³/mol. The third-order valence-electron chi connectivity index (χ3n) is 3.15. The normalized spacial score (nSPS) is 10.8. The topological polar surface area (TPSA) is 30.7 Å². The minimum atomic E-state index is -0.214. The van der Waals surface area contributed by atoms with Gasteiger partial charge in [-0.2, -0.15) is 0 Å². The first kappa shape index (κ1) is 13.8. The molecule has 0 saturated heterocycles. The molecular weight excluding hydrogens is 285 g/mol. The van der Waals surface area contributed by atoms with Crippen LogP contribution in [0.2, 0.25) is 0 Å². The lowest BCUT2D eigenvalue weighted by molar-refractivity contribution is 0.626. The van der Waals surface area contributed by atoms with E-state index in [0.29, 0.717) is 5.75 Å². The van der Waals surface area contributed by atoms with Crippen molar-refractivity contribution in [1.29, 1.82) is 0 Å². The summed E-state index contributed by atoms with van der Waals surface area (Å²) in [6.45, 7) is 2.05. The number of benzene rings is 2. The number of rotatable bonds is 4. The molecule has 0 amide bonds. The Bertz CT molecular complexity index is 755. The fourth-order valence-electron chi connectivity index (χ4n) is 2.10.